The van der Waals surface area contributed by atoms with Crippen LogP contribution in [0.1, 0.15) is 58.8 Å². The Hall–Kier alpha value is -0.570. The number of carbonyl (C=O) groups is 1. The van der Waals surface area contributed by atoms with E-state index in [1.54, 1.807) is 0 Å². The normalized spacial score (nSPS) is 12.7. The van der Waals surface area contributed by atoms with Crippen LogP contribution in [0.5, 0.6) is 0 Å². The van der Waals surface area contributed by atoms with Gasteiger partial charge in [-0.25, -0.2) is 0 Å². The number of hydrogen-bond donors (Lipinski definition) is 0. The van der Waals surface area contributed by atoms with Gasteiger partial charge in [-0.2, -0.15) is 0 Å². The van der Waals surface area contributed by atoms with Gasteiger partial charge in [0, 0.05) is 6.54 Å². The average Bonchev–Trinajstić information content (AvgIpc) is 2.36. The van der Waals surface area contributed by atoms with Crippen LogP contribution in [0.3, 0.4) is 0 Å². The second kappa shape index (κ2) is 11.5. The van der Waals surface area contributed by atoms with Gasteiger partial charge in [0.05, 0.1) is 13.0 Å². The molecule has 3 nitrogen and oxygen atoms in total. The number of methoxy groups -OCH3 is 1. The summed E-state index contributed by atoms with van der Waals surface area (Å²) in [5.74, 6) is -0.133. The van der Waals surface area contributed by atoms with E-state index in [-0.39, 0.29) is 11.9 Å². The molecule has 0 radical (unpaired) electrons. The minimum atomic E-state index is -0.110. The lowest BCUT2D eigenvalue weighted by Crippen LogP contribution is -2.30. The van der Waals surface area contributed by atoms with Gasteiger partial charge in [0.1, 0.15) is 0 Å². The van der Waals surface area contributed by atoms with E-state index >= 15 is 0 Å². The first-order valence-corrected chi connectivity index (χ1v) is 7.38. The average molecular weight is 257 g/mol. The SMILES string of the molecule is CCCCCCCCCN(C)CC(C)C(=O)OC. The summed E-state index contributed by atoms with van der Waals surface area (Å²) < 4.78 is 4.73. The van der Waals surface area contributed by atoms with Crippen molar-refractivity contribution in [3.63, 3.8) is 0 Å². The Morgan fingerprint density at radius 1 is 1.11 bits per heavy atom. The first-order chi connectivity index (χ1) is 8.61. The van der Waals surface area contributed by atoms with Gasteiger partial charge in [0.15, 0.2) is 0 Å². The lowest BCUT2D eigenvalue weighted by Gasteiger charge is -2.19. The van der Waals surface area contributed by atoms with Crippen LogP contribution in [0.15, 0.2) is 0 Å². The number of carbonyl (C=O) groups excluding carboxylic acids is 1. The second-order valence-electron chi connectivity index (χ2n) is 5.31. The summed E-state index contributed by atoms with van der Waals surface area (Å²) in [5, 5.41) is 0. The summed E-state index contributed by atoms with van der Waals surface area (Å²) in [6.45, 7) is 6.04. The number of nitrogens with zero attached hydrogens (tertiary/aromatic N) is 1. The molecule has 1 atom stereocenters. The van der Waals surface area contributed by atoms with Crippen LogP contribution in [0.2, 0.25) is 0 Å². The van der Waals surface area contributed by atoms with Gasteiger partial charge in [-0.05, 0) is 20.0 Å². The summed E-state index contributed by atoms with van der Waals surface area (Å²) in [7, 11) is 3.53. The molecular weight excluding hydrogens is 226 g/mol. The van der Waals surface area contributed by atoms with Crippen LogP contribution in [-0.4, -0.2) is 38.1 Å². The van der Waals surface area contributed by atoms with Crippen molar-refractivity contribution in [2.24, 2.45) is 5.92 Å². The van der Waals surface area contributed by atoms with Crippen molar-refractivity contribution in [1.29, 1.82) is 0 Å². The van der Waals surface area contributed by atoms with Crippen LogP contribution in [0.4, 0.5) is 0 Å². The largest absolute Gasteiger partial charge is 0.469 e. The van der Waals surface area contributed by atoms with Crippen molar-refractivity contribution < 1.29 is 9.53 Å². The quantitative estimate of drug-likeness (QED) is 0.419. The molecule has 0 N–H and O–H groups in total. The number of hydrogen-bond acceptors (Lipinski definition) is 3. The van der Waals surface area contributed by atoms with Gasteiger partial charge in [-0.3, -0.25) is 4.79 Å². The fourth-order valence-corrected chi connectivity index (χ4v) is 2.17. The van der Waals surface area contributed by atoms with Gasteiger partial charge < -0.3 is 9.64 Å². The van der Waals surface area contributed by atoms with Crippen LogP contribution < -0.4 is 0 Å². The lowest BCUT2D eigenvalue weighted by molar-refractivity contribution is -0.145. The third-order valence-corrected chi connectivity index (χ3v) is 3.33. The first kappa shape index (κ1) is 17.4. The van der Waals surface area contributed by atoms with Crippen LogP contribution in [-0.2, 0) is 9.53 Å². The molecule has 0 fully saturated rings. The van der Waals surface area contributed by atoms with E-state index in [4.69, 9.17) is 4.74 Å². The second-order valence-corrected chi connectivity index (χ2v) is 5.31. The zero-order valence-corrected chi connectivity index (χ0v) is 12.7. The molecule has 0 aromatic heterocycles. The van der Waals surface area contributed by atoms with Gasteiger partial charge in [0.25, 0.3) is 0 Å². The van der Waals surface area contributed by atoms with Crippen molar-refractivity contribution in [3.05, 3.63) is 0 Å². The van der Waals surface area contributed by atoms with Crippen molar-refractivity contribution >= 4 is 5.97 Å². The summed E-state index contributed by atoms with van der Waals surface area (Å²) in [5.41, 5.74) is 0. The molecule has 0 aliphatic rings. The molecule has 0 aliphatic carbocycles. The maximum Gasteiger partial charge on any atom is 0.309 e. The zero-order chi connectivity index (χ0) is 13.8. The van der Waals surface area contributed by atoms with Crippen LogP contribution in [0, 0.1) is 5.92 Å². The van der Waals surface area contributed by atoms with E-state index < -0.39 is 0 Å². The predicted octanol–water partition coefficient (Wildman–Crippen LogP) is 3.48. The molecule has 0 aliphatic heterocycles. The molecule has 1 unspecified atom stereocenters. The molecule has 18 heavy (non-hydrogen) atoms. The minimum absolute atomic E-state index is 0.0236. The Morgan fingerprint density at radius 3 is 2.22 bits per heavy atom. The Labute approximate surface area is 113 Å². The zero-order valence-electron chi connectivity index (χ0n) is 12.7. The smallest absolute Gasteiger partial charge is 0.309 e. The highest BCUT2D eigenvalue weighted by Gasteiger charge is 2.14. The molecule has 0 heterocycles. The maximum absolute atomic E-state index is 11.3. The summed E-state index contributed by atoms with van der Waals surface area (Å²) >= 11 is 0. The topological polar surface area (TPSA) is 29.5 Å². The van der Waals surface area contributed by atoms with Gasteiger partial charge in [-0.1, -0.05) is 52.4 Å². The summed E-state index contributed by atoms with van der Waals surface area (Å²) in [6, 6.07) is 0. The van der Waals surface area contributed by atoms with E-state index in [0.717, 1.165) is 13.1 Å². The summed E-state index contributed by atoms with van der Waals surface area (Å²) in [6.07, 6.45) is 9.32. The van der Waals surface area contributed by atoms with E-state index in [0.29, 0.717) is 0 Å². The van der Waals surface area contributed by atoms with E-state index in [9.17, 15) is 4.79 Å². The maximum atomic E-state index is 11.3. The first-order valence-electron chi connectivity index (χ1n) is 7.38. The third-order valence-electron chi connectivity index (χ3n) is 3.33. The molecule has 108 valence electrons. The van der Waals surface area contributed by atoms with Gasteiger partial charge in [0.2, 0.25) is 0 Å². The van der Waals surface area contributed by atoms with Crippen molar-refractivity contribution in [2.75, 3.05) is 27.2 Å². The molecule has 0 rings (SSSR count). The highest BCUT2D eigenvalue weighted by molar-refractivity contribution is 5.71. The van der Waals surface area contributed by atoms with Crippen molar-refractivity contribution in [3.8, 4) is 0 Å². The van der Waals surface area contributed by atoms with Gasteiger partial charge >= 0.3 is 5.97 Å². The molecular formula is C15H31NO2. The monoisotopic (exact) mass is 257 g/mol. The van der Waals surface area contributed by atoms with Crippen LogP contribution in [0.25, 0.3) is 0 Å². The number of esters is 1. The Bertz CT molecular complexity index is 207. The Kier molecular flexibility index (Phi) is 11.2. The van der Waals surface area contributed by atoms with Crippen LogP contribution >= 0.6 is 0 Å². The molecule has 3 heteroatoms. The highest BCUT2D eigenvalue weighted by Crippen LogP contribution is 2.08. The van der Waals surface area contributed by atoms with E-state index in [1.807, 2.05) is 6.92 Å². The minimum Gasteiger partial charge on any atom is -0.469 e. The third kappa shape index (κ3) is 9.46. The molecule has 0 aromatic rings. The van der Waals surface area contributed by atoms with E-state index in [1.165, 1.54) is 52.1 Å². The molecule has 0 aromatic carbocycles. The fraction of sp³-hybridized carbons (Fsp3) is 0.933. The van der Waals surface area contributed by atoms with Gasteiger partial charge in [-0.15, -0.1) is 0 Å². The van der Waals surface area contributed by atoms with Crippen molar-refractivity contribution in [1.82, 2.24) is 4.90 Å². The number of ether oxygens (including phenoxy) is 1. The molecule has 0 bridgehead atoms. The predicted molar refractivity (Wildman–Crippen MR) is 76.7 cm³/mol. The molecule has 0 saturated heterocycles. The molecule has 0 saturated carbocycles. The number of rotatable bonds is 11. The Balaban J connectivity index is 3.42. The number of unbranched alkanes of at least 4 members (excludes halogenated alkanes) is 6. The lowest BCUT2D eigenvalue weighted by atomic mass is 10.1. The highest BCUT2D eigenvalue weighted by atomic mass is 16.5. The molecule has 0 spiro atoms. The fourth-order valence-electron chi connectivity index (χ4n) is 2.17. The molecule has 0 amide bonds. The van der Waals surface area contributed by atoms with E-state index in [2.05, 4.69) is 18.9 Å². The van der Waals surface area contributed by atoms with Crippen molar-refractivity contribution in [2.45, 2.75) is 58.8 Å². The summed E-state index contributed by atoms with van der Waals surface area (Å²) in [4.78, 5) is 13.5. The standard InChI is InChI=1S/C15H31NO2/c1-5-6-7-8-9-10-11-12-16(3)13-14(2)15(17)18-4/h14H,5-13H2,1-4H3. The Morgan fingerprint density at radius 2 is 1.67 bits per heavy atom.